The summed E-state index contributed by atoms with van der Waals surface area (Å²) in [6.45, 7) is 4.45. The van der Waals surface area contributed by atoms with Crippen LogP contribution in [0.25, 0.3) is 0 Å². The van der Waals surface area contributed by atoms with Crippen LogP contribution in [-0.4, -0.2) is 36.1 Å². The van der Waals surface area contributed by atoms with Crippen LogP contribution < -0.4 is 5.32 Å². The molecule has 1 aromatic rings. The summed E-state index contributed by atoms with van der Waals surface area (Å²) in [5, 5.41) is 3.57. The van der Waals surface area contributed by atoms with Crippen molar-refractivity contribution >= 4 is 0 Å². The quantitative estimate of drug-likeness (QED) is 0.773. The lowest BCUT2D eigenvalue weighted by Crippen LogP contribution is -2.35. The van der Waals surface area contributed by atoms with Gasteiger partial charge in [-0.05, 0) is 58.5 Å². The SMILES string of the molecule is CC(NCCCN(C)C1CCCCC1)c1ccccn1. The highest BCUT2D eigenvalue weighted by Crippen LogP contribution is 2.21. The largest absolute Gasteiger partial charge is 0.309 e. The number of aromatic nitrogens is 1. The van der Waals surface area contributed by atoms with E-state index < -0.39 is 0 Å². The van der Waals surface area contributed by atoms with Crippen LogP contribution in [0.3, 0.4) is 0 Å². The van der Waals surface area contributed by atoms with Crippen molar-refractivity contribution in [3.63, 3.8) is 0 Å². The third kappa shape index (κ3) is 4.88. The predicted molar refractivity (Wildman–Crippen MR) is 84.8 cm³/mol. The molecule has 1 aliphatic carbocycles. The van der Waals surface area contributed by atoms with E-state index in [1.54, 1.807) is 0 Å². The zero-order valence-corrected chi connectivity index (χ0v) is 13.0. The Labute approximate surface area is 123 Å². The Kier molecular flexibility index (Phi) is 6.48. The van der Waals surface area contributed by atoms with Gasteiger partial charge in [-0.2, -0.15) is 0 Å². The molecular formula is C17H29N3. The Balaban J connectivity index is 1.61. The molecule has 1 N–H and O–H groups in total. The topological polar surface area (TPSA) is 28.2 Å². The van der Waals surface area contributed by atoms with Crippen molar-refractivity contribution in [1.29, 1.82) is 0 Å². The smallest absolute Gasteiger partial charge is 0.0570 e. The van der Waals surface area contributed by atoms with Crippen LogP contribution >= 0.6 is 0 Å². The van der Waals surface area contributed by atoms with Crippen molar-refractivity contribution in [3.8, 4) is 0 Å². The third-order valence-corrected chi connectivity index (χ3v) is 4.47. The molecule has 112 valence electrons. The molecule has 2 rings (SSSR count). The van der Waals surface area contributed by atoms with Crippen molar-refractivity contribution in [2.75, 3.05) is 20.1 Å². The molecule has 0 aromatic carbocycles. The van der Waals surface area contributed by atoms with E-state index in [-0.39, 0.29) is 0 Å². The van der Waals surface area contributed by atoms with Gasteiger partial charge in [0.25, 0.3) is 0 Å². The third-order valence-electron chi connectivity index (χ3n) is 4.47. The van der Waals surface area contributed by atoms with E-state index in [9.17, 15) is 0 Å². The van der Waals surface area contributed by atoms with Crippen LogP contribution in [0.4, 0.5) is 0 Å². The van der Waals surface area contributed by atoms with E-state index >= 15 is 0 Å². The molecule has 1 unspecified atom stereocenters. The van der Waals surface area contributed by atoms with Crippen molar-refractivity contribution in [2.24, 2.45) is 0 Å². The van der Waals surface area contributed by atoms with Gasteiger partial charge in [-0.3, -0.25) is 4.98 Å². The minimum Gasteiger partial charge on any atom is -0.309 e. The maximum atomic E-state index is 4.39. The second-order valence-corrected chi connectivity index (χ2v) is 6.06. The van der Waals surface area contributed by atoms with E-state index in [2.05, 4.69) is 41.3 Å². The molecule has 3 nitrogen and oxygen atoms in total. The number of nitrogens with one attached hydrogen (secondary N) is 1. The summed E-state index contributed by atoms with van der Waals surface area (Å²) >= 11 is 0. The zero-order valence-electron chi connectivity index (χ0n) is 13.0. The van der Waals surface area contributed by atoms with Crippen molar-refractivity contribution in [1.82, 2.24) is 15.2 Å². The molecule has 0 bridgehead atoms. The lowest BCUT2D eigenvalue weighted by molar-refractivity contribution is 0.189. The van der Waals surface area contributed by atoms with Gasteiger partial charge < -0.3 is 10.2 Å². The van der Waals surface area contributed by atoms with Gasteiger partial charge in [-0.25, -0.2) is 0 Å². The summed E-state index contributed by atoms with van der Waals surface area (Å²) in [6, 6.07) is 7.28. The van der Waals surface area contributed by atoms with Crippen LogP contribution in [0.1, 0.15) is 57.2 Å². The molecular weight excluding hydrogens is 246 g/mol. The maximum Gasteiger partial charge on any atom is 0.0570 e. The van der Waals surface area contributed by atoms with Crippen LogP contribution in [0.5, 0.6) is 0 Å². The lowest BCUT2D eigenvalue weighted by Gasteiger charge is -2.31. The Bertz CT molecular complexity index is 360. The highest BCUT2D eigenvalue weighted by Gasteiger charge is 2.17. The molecule has 3 heteroatoms. The van der Waals surface area contributed by atoms with Gasteiger partial charge in [0.15, 0.2) is 0 Å². The molecule has 1 aromatic heterocycles. The zero-order chi connectivity index (χ0) is 14.2. The maximum absolute atomic E-state index is 4.39. The second-order valence-electron chi connectivity index (χ2n) is 6.06. The van der Waals surface area contributed by atoms with Crippen molar-refractivity contribution < 1.29 is 0 Å². The summed E-state index contributed by atoms with van der Waals surface area (Å²) in [4.78, 5) is 6.95. The van der Waals surface area contributed by atoms with E-state index in [0.717, 1.165) is 18.3 Å². The van der Waals surface area contributed by atoms with Crippen LogP contribution in [0.15, 0.2) is 24.4 Å². The molecule has 1 aliphatic rings. The Hall–Kier alpha value is -0.930. The molecule has 1 heterocycles. The first kappa shape index (κ1) is 15.5. The van der Waals surface area contributed by atoms with E-state index in [1.165, 1.54) is 45.1 Å². The average molecular weight is 275 g/mol. The molecule has 0 saturated heterocycles. The molecule has 0 amide bonds. The summed E-state index contributed by atoms with van der Waals surface area (Å²) in [7, 11) is 2.29. The predicted octanol–water partition coefficient (Wildman–Crippen LogP) is 3.39. The fourth-order valence-electron chi connectivity index (χ4n) is 3.09. The Morgan fingerprint density at radius 1 is 1.30 bits per heavy atom. The molecule has 1 saturated carbocycles. The first-order valence-electron chi connectivity index (χ1n) is 8.12. The summed E-state index contributed by atoms with van der Waals surface area (Å²) in [5.74, 6) is 0. The normalized spacial score (nSPS) is 18.4. The average Bonchev–Trinajstić information content (AvgIpc) is 2.53. The fourth-order valence-corrected chi connectivity index (χ4v) is 3.09. The summed E-state index contributed by atoms with van der Waals surface area (Å²) in [5.41, 5.74) is 1.13. The summed E-state index contributed by atoms with van der Waals surface area (Å²) < 4.78 is 0. The molecule has 0 aliphatic heterocycles. The van der Waals surface area contributed by atoms with Gasteiger partial charge in [-0.15, -0.1) is 0 Å². The molecule has 20 heavy (non-hydrogen) atoms. The molecule has 1 fully saturated rings. The standard InChI is InChI=1S/C17H29N3/c1-15(17-11-6-7-12-19-17)18-13-8-14-20(2)16-9-4-3-5-10-16/h6-7,11-12,15-16,18H,3-5,8-10,13-14H2,1-2H3. The first-order chi connectivity index (χ1) is 9.77. The monoisotopic (exact) mass is 275 g/mol. The van der Waals surface area contributed by atoms with E-state index in [0.29, 0.717) is 6.04 Å². The van der Waals surface area contributed by atoms with E-state index in [4.69, 9.17) is 0 Å². The molecule has 0 radical (unpaired) electrons. The number of pyridine rings is 1. The van der Waals surface area contributed by atoms with Crippen molar-refractivity contribution in [3.05, 3.63) is 30.1 Å². The highest BCUT2D eigenvalue weighted by molar-refractivity contribution is 5.07. The number of nitrogens with zero attached hydrogens (tertiary/aromatic N) is 2. The second kappa shape index (κ2) is 8.38. The van der Waals surface area contributed by atoms with Gasteiger partial charge in [0.05, 0.1) is 5.69 Å². The van der Waals surface area contributed by atoms with Gasteiger partial charge >= 0.3 is 0 Å². The van der Waals surface area contributed by atoms with E-state index in [1.807, 2.05) is 12.3 Å². The van der Waals surface area contributed by atoms with Crippen LogP contribution in [0.2, 0.25) is 0 Å². The Morgan fingerprint density at radius 2 is 2.10 bits per heavy atom. The van der Waals surface area contributed by atoms with Gasteiger partial charge in [-0.1, -0.05) is 25.3 Å². The number of rotatable bonds is 7. The minimum atomic E-state index is 0.344. The molecule has 0 spiro atoms. The summed E-state index contributed by atoms with van der Waals surface area (Å²) in [6.07, 6.45) is 10.2. The highest BCUT2D eigenvalue weighted by atomic mass is 15.1. The molecule has 1 atom stereocenters. The van der Waals surface area contributed by atoms with Crippen molar-refractivity contribution in [2.45, 2.75) is 57.5 Å². The van der Waals surface area contributed by atoms with Gasteiger partial charge in [0.2, 0.25) is 0 Å². The number of hydrogen-bond donors (Lipinski definition) is 1. The number of hydrogen-bond acceptors (Lipinski definition) is 3. The Morgan fingerprint density at radius 3 is 2.80 bits per heavy atom. The minimum absolute atomic E-state index is 0.344. The fraction of sp³-hybridized carbons (Fsp3) is 0.706. The first-order valence-corrected chi connectivity index (χ1v) is 8.12. The van der Waals surface area contributed by atoms with Crippen LogP contribution in [-0.2, 0) is 0 Å². The van der Waals surface area contributed by atoms with Gasteiger partial charge in [0.1, 0.15) is 0 Å². The lowest BCUT2D eigenvalue weighted by atomic mass is 9.94. The van der Waals surface area contributed by atoms with Crippen LogP contribution in [0, 0.1) is 0 Å². The van der Waals surface area contributed by atoms with Gasteiger partial charge in [0, 0.05) is 18.3 Å².